The monoisotopic (exact) mass is 511 g/mol. The van der Waals surface area contributed by atoms with Crippen molar-refractivity contribution in [2.75, 3.05) is 26.2 Å². The second-order valence-electron chi connectivity index (χ2n) is 11.3. The fraction of sp³-hybridized carbons (Fsp3) is 0.452. The molecule has 7 nitrogen and oxygen atoms in total. The Balaban J connectivity index is 1.12. The van der Waals surface area contributed by atoms with Gasteiger partial charge in [0.15, 0.2) is 0 Å². The number of ether oxygens (including phenoxy) is 1. The second kappa shape index (κ2) is 9.38. The van der Waals surface area contributed by atoms with E-state index in [2.05, 4.69) is 36.4 Å². The van der Waals surface area contributed by atoms with Crippen LogP contribution in [0, 0.1) is 5.92 Å². The predicted octanol–water partition coefficient (Wildman–Crippen LogP) is 5.03. The van der Waals surface area contributed by atoms with Gasteiger partial charge in [-0.05, 0) is 67.3 Å². The number of likely N-dealkylation sites (tertiary alicyclic amines) is 1. The zero-order valence-corrected chi connectivity index (χ0v) is 21.6. The molecule has 1 saturated carbocycles. The maximum absolute atomic E-state index is 13.8. The number of hydrogen-bond donors (Lipinski definition) is 0. The molecule has 2 atom stereocenters. The van der Waals surface area contributed by atoms with Crippen LogP contribution in [0.4, 0.5) is 0 Å². The smallest absolute Gasteiger partial charge is 0.256 e. The summed E-state index contributed by atoms with van der Waals surface area (Å²) >= 11 is 0. The highest BCUT2D eigenvalue weighted by Crippen LogP contribution is 2.41. The third kappa shape index (κ3) is 4.04. The van der Waals surface area contributed by atoms with Gasteiger partial charge in [-0.3, -0.25) is 19.5 Å². The summed E-state index contributed by atoms with van der Waals surface area (Å²) in [5, 5.41) is 1.08. The van der Waals surface area contributed by atoms with Crippen LogP contribution in [0.5, 0.6) is 0 Å². The summed E-state index contributed by atoms with van der Waals surface area (Å²) in [4.78, 5) is 35.7. The molecule has 0 N–H and O–H groups in total. The summed E-state index contributed by atoms with van der Waals surface area (Å²) < 4.78 is 11.1. The van der Waals surface area contributed by atoms with E-state index in [0.717, 1.165) is 85.0 Å². The zero-order valence-electron chi connectivity index (χ0n) is 21.6. The first-order valence-electron chi connectivity index (χ1n) is 14.0. The van der Waals surface area contributed by atoms with E-state index in [1.807, 2.05) is 21.9 Å². The van der Waals surface area contributed by atoms with Gasteiger partial charge in [-0.2, -0.15) is 0 Å². The minimum Gasteiger partial charge on any atom is -0.464 e. The number of benzene rings is 2. The van der Waals surface area contributed by atoms with Crippen LogP contribution < -0.4 is 0 Å². The lowest BCUT2D eigenvalue weighted by Gasteiger charge is -2.26. The fourth-order valence-corrected chi connectivity index (χ4v) is 6.71. The Morgan fingerprint density at radius 1 is 0.974 bits per heavy atom. The van der Waals surface area contributed by atoms with Crippen molar-refractivity contribution in [3.8, 4) is 11.1 Å². The molecule has 0 radical (unpaired) electrons. The molecule has 3 aromatic rings. The third-order valence-corrected chi connectivity index (χ3v) is 8.82. The molecule has 1 aliphatic carbocycles. The molecule has 2 saturated heterocycles. The van der Waals surface area contributed by atoms with E-state index in [-0.39, 0.29) is 23.8 Å². The minimum atomic E-state index is -0.605. The first kappa shape index (κ1) is 23.7. The van der Waals surface area contributed by atoms with Crippen molar-refractivity contribution in [1.29, 1.82) is 0 Å². The van der Waals surface area contributed by atoms with E-state index in [0.29, 0.717) is 19.7 Å². The van der Waals surface area contributed by atoms with Crippen molar-refractivity contribution in [2.24, 2.45) is 10.9 Å². The summed E-state index contributed by atoms with van der Waals surface area (Å²) in [7, 11) is 0. The Morgan fingerprint density at radius 3 is 2.55 bits per heavy atom. The Morgan fingerprint density at radius 2 is 1.76 bits per heavy atom. The van der Waals surface area contributed by atoms with Crippen LogP contribution in [-0.2, 0) is 14.3 Å². The van der Waals surface area contributed by atoms with Crippen LogP contribution >= 0.6 is 0 Å². The third-order valence-electron chi connectivity index (χ3n) is 8.82. The van der Waals surface area contributed by atoms with Crippen LogP contribution in [0.2, 0.25) is 0 Å². The van der Waals surface area contributed by atoms with Crippen molar-refractivity contribution >= 4 is 28.6 Å². The standard InChI is InChI=1S/C31H33N3O4/c35-29(27-4-3-16-37-27)33-15-11-21(19-33)20-34-28(32-31(30(34)36)13-1-2-14-31)23-7-5-22(6-8-23)24-9-10-26-25(18-24)12-17-38-26/h5-10,12,17-18,21,27H,1-4,11,13-16,19-20H2. The number of hydrogen-bond acceptors (Lipinski definition) is 5. The Labute approximate surface area is 222 Å². The molecule has 3 fully saturated rings. The first-order chi connectivity index (χ1) is 18.6. The molecule has 2 aromatic carbocycles. The van der Waals surface area contributed by atoms with Gasteiger partial charge in [0.05, 0.1) is 6.26 Å². The highest BCUT2D eigenvalue weighted by molar-refractivity contribution is 6.15. The molecule has 2 amide bonds. The first-order valence-corrected chi connectivity index (χ1v) is 14.0. The van der Waals surface area contributed by atoms with Crippen LogP contribution in [0.15, 0.2) is 64.2 Å². The quantitative estimate of drug-likeness (QED) is 0.482. The topological polar surface area (TPSA) is 75.3 Å². The summed E-state index contributed by atoms with van der Waals surface area (Å²) in [6.45, 7) is 2.69. The maximum Gasteiger partial charge on any atom is 0.256 e. The van der Waals surface area contributed by atoms with Gasteiger partial charge in [-0.25, -0.2) is 0 Å². The van der Waals surface area contributed by atoms with Gasteiger partial charge in [0.1, 0.15) is 23.1 Å². The average Bonchev–Trinajstić information content (AvgIpc) is 3.78. The summed E-state index contributed by atoms with van der Waals surface area (Å²) in [5.74, 6) is 1.29. The summed E-state index contributed by atoms with van der Waals surface area (Å²) in [5.41, 5.74) is 3.49. The van der Waals surface area contributed by atoms with Crippen LogP contribution in [0.25, 0.3) is 22.1 Å². The van der Waals surface area contributed by atoms with Crippen molar-refractivity contribution in [3.63, 3.8) is 0 Å². The number of amidine groups is 1. The predicted molar refractivity (Wildman–Crippen MR) is 145 cm³/mol. The molecule has 3 aliphatic heterocycles. The molecule has 4 aliphatic rings. The molecule has 196 valence electrons. The highest BCUT2D eigenvalue weighted by Gasteiger charge is 2.50. The molecular weight excluding hydrogens is 478 g/mol. The van der Waals surface area contributed by atoms with E-state index in [1.54, 1.807) is 6.26 Å². The molecule has 4 heterocycles. The molecule has 38 heavy (non-hydrogen) atoms. The number of amides is 2. The normalized spacial score (nSPS) is 24.7. The molecule has 1 spiro atoms. The molecule has 1 aromatic heterocycles. The number of furan rings is 1. The summed E-state index contributed by atoms with van der Waals surface area (Å²) in [6, 6.07) is 16.6. The van der Waals surface area contributed by atoms with Gasteiger partial charge in [0.2, 0.25) is 0 Å². The molecule has 7 heteroatoms. The van der Waals surface area contributed by atoms with E-state index in [1.165, 1.54) is 0 Å². The Hall–Kier alpha value is -3.45. The Bertz CT molecular complexity index is 1400. The number of aliphatic imine (C=N–C) groups is 1. The van der Waals surface area contributed by atoms with Crippen molar-refractivity contribution < 1.29 is 18.7 Å². The van der Waals surface area contributed by atoms with Crippen molar-refractivity contribution in [1.82, 2.24) is 9.80 Å². The highest BCUT2D eigenvalue weighted by atomic mass is 16.5. The van der Waals surface area contributed by atoms with E-state index in [9.17, 15) is 9.59 Å². The molecular formula is C31H33N3O4. The van der Waals surface area contributed by atoms with Gasteiger partial charge < -0.3 is 14.1 Å². The lowest BCUT2D eigenvalue weighted by Crippen LogP contribution is -2.44. The number of fused-ring (bicyclic) bond motifs is 1. The number of nitrogens with zero attached hydrogens (tertiary/aromatic N) is 3. The van der Waals surface area contributed by atoms with E-state index >= 15 is 0 Å². The molecule has 0 bridgehead atoms. The van der Waals surface area contributed by atoms with Gasteiger partial charge in [0.25, 0.3) is 11.8 Å². The zero-order chi connectivity index (χ0) is 25.7. The average molecular weight is 512 g/mol. The van der Waals surface area contributed by atoms with Gasteiger partial charge in [-0.15, -0.1) is 0 Å². The van der Waals surface area contributed by atoms with Crippen molar-refractivity contribution in [2.45, 2.75) is 56.6 Å². The van der Waals surface area contributed by atoms with E-state index in [4.69, 9.17) is 14.1 Å². The fourth-order valence-electron chi connectivity index (χ4n) is 6.71. The second-order valence-corrected chi connectivity index (χ2v) is 11.3. The maximum atomic E-state index is 13.8. The largest absolute Gasteiger partial charge is 0.464 e. The van der Waals surface area contributed by atoms with Gasteiger partial charge in [0, 0.05) is 37.2 Å². The number of carbonyl (C=O) groups excluding carboxylic acids is 2. The lowest BCUT2D eigenvalue weighted by molar-refractivity contribution is -0.139. The van der Waals surface area contributed by atoms with E-state index < -0.39 is 5.54 Å². The van der Waals surface area contributed by atoms with Crippen LogP contribution in [0.3, 0.4) is 0 Å². The van der Waals surface area contributed by atoms with Crippen LogP contribution in [0.1, 0.15) is 50.5 Å². The Kier molecular flexibility index (Phi) is 5.84. The minimum absolute atomic E-state index is 0.114. The van der Waals surface area contributed by atoms with Crippen LogP contribution in [-0.4, -0.2) is 65.3 Å². The molecule has 2 unspecified atom stereocenters. The number of carbonyl (C=O) groups is 2. The number of rotatable bonds is 5. The summed E-state index contributed by atoms with van der Waals surface area (Å²) in [6.07, 6.45) is 7.82. The van der Waals surface area contributed by atoms with Gasteiger partial charge in [-0.1, -0.05) is 43.2 Å². The SMILES string of the molecule is O=C(C1CCCO1)N1CCC(CN2C(=O)C3(CCCC3)N=C2c2ccc(-c3ccc4occc4c3)cc2)C1. The lowest BCUT2D eigenvalue weighted by atomic mass is 9.97. The van der Waals surface area contributed by atoms with Crippen molar-refractivity contribution in [3.05, 3.63) is 60.4 Å². The van der Waals surface area contributed by atoms with Gasteiger partial charge >= 0.3 is 0 Å². The molecule has 7 rings (SSSR count).